The molecule has 0 heterocycles. The van der Waals surface area contributed by atoms with Gasteiger partial charge in [0, 0.05) is 53.3 Å². The quantitative estimate of drug-likeness (QED) is 0.271. The van der Waals surface area contributed by atoms with Crippen LogP contribution in [0.5, 0.6) is 0 Å². The van der Waals surface area contributed by atoms with Crippen molar-refractivity contribution in [2.24, 2.45) is 5.73 Å². The molecule has 0 aromatic rings. The molecule has 148 valence electrons. The van der Waals surface area contributed by atoms with Crippen molar-refractivity contribution in [2.45, 2.75) is 51.0 Å². The molecule has 0 unspecified atom stereocenters. The summed E-state index contributed by atoms with van der Waals surface area (Å²) < 4.78 is 15.9. The fraction of sp³-hybridized carbons (Fsp3) is 0.875. The normalized spacial score (nSPS) is 11.4. The zero-order chi connectivity index (χ0) is 19.0. The fourth-order valence-corrected chi connectivity index (χ4v) is 4.07. The lowest BCUT2D eigenvalue weighted by molar-refractivity contribution is -0.126. The lowest BCUT2D eigenvalue weighted by Crippen LogP contribution is -2.43. The molecule has 0 spiro atoms. The van der Waals surface area contributed by atoms with Gasteiger partial charge in [-0.25, -0.2) is 0 Å². The monoisotopic (exact) mass is 377 g/mol. The van der Waals surface area contributed by atoms with Gasteiger partial charge in [0.25, 0.3) is 0 Å². The number of unbranched alkanes of at least 4 members (excludes halogenated alkanes) is 3. The Labute approximate surface area is 152 Å². The van der Waals surface area contributed by atoms with Crippen molar-refractivity contribution in [3.63, 3.8) is 0 Å². The van der Waals surface area contributed by atoms with E-state index in [-0.39, 0.29) is 24.7 Å². The maximum Gasteiger partial charge on any atom is 0.500 e. The minimum atomic E-state index is -2.58. The van der Waals surface area contributed by atoms with Crippen molar-refractivity contribution in [3.8, 4) is 0 Å². The second-order valence-corrected chi connectivity index (χ2v) is 8.89. The third-order valence-electron chi connectivity index (χ3n) is 3.95. The summed E-state index contributed by atoms with van der Waals surface area (Å²) in [5, 5.41) is 5.63. The summed E-state index contributed by atoms with van der Waals surface area (Å²) in [5.74, 6) is -0.212. The van der Waals surface area contributed by atoms with Gasteiger partial charge in [-0.3, -0.25) is 9.59 Å². The van der Waals surface area contributed by atoms with E-state index in [2.05, 4.69) is 10.6 Å². The van der Waals surface area contributed by atoms with Gasteiger partial charge in [0.05, 0.1) is 0 Å². The van der Waals surface area contributed by atoms with Crippen LogP contribution in [0.2, 0.25) is 6.04 Å². The van der Waals surface area contributed by atoms with Crippen LogP contribution in [-0.4, -0.2) is 61.6 Å². The Morgan fingerprint density at radius 1 is 0.800 bits per heavy atom. The predicted octanol–water partition coefficient (Wildman–Crippen LogP) is 0.786. The summed E-state index contributed by atoms with van der Waals surface area (Å²) in [7, 11) is 2.12. The van der Waals surface area contributed by atoms with E-state index in [9.17, 15) is 9.59 Å². The molecule has 9 heteroatoms. The minimum absolute atomic E-state index is 0.0847. The summed E-state index contributed by atoms with van der Waals surface area (Å²) in [6.07, 6.45) is 5.23. The van der Waals surface area contributed by atoms with Crippen LogP contribution in [0.25, 0.3) is 0 Å². The second kappa shape index (κ2) is 15.3. The summed E-state index contributed by atoms with van der Waals surface area (Å²) in [6.45, 7) is 1.88. The smallest absolute Gasteiger partial charge is 0.377 e. The Bertz CT molecular complexity index is 359. The molecule has 0 radical (unpaired) electrons. The number of nitrogens with one attached hydrogen (secondary N) is 2. The van der Waals surface area contributed by atoms with Crippen molar-refractivity contribution in [1.29, 1.82) is 0 Å². The van der Waals surface area contributed by atoms with E-state index < -0.39 is 8.80 Å². The van der Waals surface area contributed by atoms with E-state index in [0.717, 1.165) is 25.7 Å². The van der Waals surface area contributed by atoms with Gasteiger partial charge in [-0.15, -0.1) is 0 Å². The molecule has 0 aromatic heterocycles. The summed E-state index contributed by atoms with van der Waals surface area (Å²) in [5.41, 5.74) is 5.42. The van der Waals surface area contributed by atoms with Crippen molar-refractivity contribution < 1.29 is 22.9 Å². The molecule has 0 fully saturated rings. The average molecular weight is 378 g/mol. The Morgan fingerprint density at radius 3 is 1.76 bits per heavy atom. The molecule has 25 heavy (non-hydrogen) atoms. The molecule has 8 nitrogen and oxygen atoms in total. The largest absolute Gasteiger partial charge is 0.500 e. The van der Waals surface area contributed by atoms with Crippen LogP contribution in [0.1, 0.15) is 44.9 Å². The average Bonchev–Trinajstić information content (AvgIpc) is 2.63. The number of rotatable bonds is 16. The molecular weight excluding hydrogens is 342 g/mol. The van der Waals surface area contributed by atoms with Crippen LogP contribution >= 0.6 is 0 Å². The van der Waals surface area contributed by atoms with Crippen molar-refractivity contribution in [2.75, 3.05) is 41.0 Å². The van der Waals surface area contributed by atoms with Gasteiger partial charge in [-0.05, 0) is 25.8 Å². The third kappa shape index (κ3) is 12.1. The Hall–Kier alpha value is -1.00. The Morgan fingerprint density at radius 2 is 1.28 bits per heavy atom. The molecule has 0 saturated heterocycles. The van der Waals surface area contributed by atoms with Gasteiger partial charge >= 0.3 is 8.80 Å². The van der Waals surface area contributed by atoms with E-state index in [1.807, 2.05) is 0 Å². The van der Waals surface area contributed by atoms with Crippen LogP contribution < -0.4 is 16.4 Å². The van der Waals surface area contributed by atoms with Gasteiger partial charge in [0.15, 0.2) is 0 Å². The lowest BCUT2D eigenvalue weighted by atomic mass is 10.2. The zero-order valence-electron chi connectivity index (χ0n) is 15.9. The SMILES string of the molecule is CO[Si](CCCNC(=O)CCC(=O)NCCCCCCN)(OC)OC. The summed E-state index contributed by atoms with van der Waals surface area (Å²) >= 11 is 0. The minimum Gasteiger partial charge on any atom is -0.377 e. The Balaban J connectivity index is 3.68. The number of hydrogen-bond donors (Lipinski definition) is 3. The highest BCUT2D eigenvalue weighted by Gasteiger charge is 2.36. The first-order valence-corrected chi connectivity index (χ1v) is 10.9. The first-order valence-electron chi connectivity index (χ1n) is 8.92. The molecule has 0 aliphatic carbocycles. The van der Waals surface area contributed by atoms with Crippen molar-refractivity contribution in [3.05, 3.63) is 0 Å². The molecule has 4 N–H and O–H groups in total. The molecule has 0 rings (SSSR count). The Kier molecular flexibility index (Phi) is 14.7. The van der Waals surface area contributed by atoms with Gasteiger partial charge in [-0.2, -0.15) is 0 Å². The number of nitrogens with two attached hydrogens (primary N) is 1. The standard InChI is InChI=1S/C16H35N3O5Si/c1-22-25(23-2,24-3)14-8-13-19-16(21)10-9-15(20)18-12-7-5-4-6-11-17/h4-14,17H2,1-3H3,(H,18,20)(H,19,21). The van der Waals surface area contributed by atoms with E-state index >= 15 is 0 Å². The molecule has 0 bridgehead atoms. The first-order chi connectivity index (χ1) is 12.0. The molecule has 0 aliphatic rings. The summed E-state index contributed by atoms with van der Waals surface area (Å²) in [4.78, 5) is 23.4. The van der Waals surface area contributed by atoms with E-state index in [1.54, 1.807) is 21.3 Å². The molecule has 0 saturated carbocycles. The topological polar surface area (TPSA) is 112 Å². The van der Waals surface area contributed by atoms with E-state index in [1.165, 1.54) is 0 Å². The van der Waals surface area contributed by atoms with Crippen molar-refractivity contribution >= 4 is 20.6 Å². The van der Waals surface area contributed by atoms with E-state index in [4.69, 9.17) is 19.0 Å². The predicted molar refractivity (Wildman–Crippen MR) is 99.0 cm³/mol. The number of hydrogen-bond acceptors (Lipinski definition) is 6. The number of carbonyl (C=O) groups excluding carboxylic acids is 2. The van der Waals surface area contributed by atoms with Crippen molar-refractivity contribution in [1.82, 2.24) is 10.6 Å². The molecule has 0 aliphatic heterocycles. The third-order valence-corrected chi connectivity index (χ3v) is 6.78. The zero-order valence-corrected chi connectivity index (χ0v) is 16.9. The van der Waals surface area contributed by atoms with Crippen LogP contribution in [0, 0.1) is 0 Å². The van der Waals surface area contributed by atoms with Gasteiger partial charge in [0.1, 0.15) is 0 Å². The van der Waals surface area contributed by atoms with Gasteiger partial charge < -0.3 is 29.6 Å². The summed E-state index contributed by atoms with van der Waals surface area (Å²) in [6, 6.07) is 0.626. The molecular formula is C16H35N3O5Si. The number of amides is 2. The maximum atomic E-state index is 11.7. The molecule has 0 aromatic carbocycles. The van der Waals surface area contributed by atoms with Crippen LogP contribution in [0.15, 0.2) is 0 Å². The van der Waals surface area contributed by atoms with Crippen LogP contribution in [0.4, 0.5) is 0 Å². The fourth-order valence-electron chi connectivity index (χ4n) is 2.34. The highest BCUT2D eigenvalue weighted by atomic mass is 28.4. The first kappa shape index (κ1) is 24.0. The van der Waals surface area contributed by atoms with Gasteiger partial charge in [-0.1, -0.05) is 12.8 Å². The molecule has 0 atom stereocenters. The van der Waals surface area contributed by atoms with Crippen LogP contribution in [-0.2, 0) is 22.9 Å². The highest BCUT2D eigenvalue weighted by Crippen LogP contribution is 2.14. The highest BCUT2D eigenvalue weighted by molar-refractivity contribution is 6.60. The lowest BCUT2D eigenvalue weighted by Gasteiger charge is -2.24. The van der Waals surface area contributed by atoms with Crippen LogP contribution in [0.3, 0.4) is 0 Å². The maximum absolute atomic E-state index is 11.7. The van der Waals surface area contributed by atoms with E-state index in [0.29, 0.717) is 32.1 Å². The molecule has 2 amide bonds. The second-order valence-electron chi connectivity index (χ2n) is 5.80. The number of carbonyl (C=O) groups is 2. The van der Waals surface area contributed by atoms with Gasteiger partial charge in [0.2, 0.25) is 11.8 Å².